The topological polar surface area (TPSA) is 58.7 Å². The number of nitrogens with two attached hydrogens (primary N) is 1. The van der Waals surface area contributed by atoms with Gasteiger partial charge in [0.25, 0.3) is 0 Å². The zero-order chi connectivity index (χ0) is 13.4. The quantitative estimate of drug-likeness (QED) is 0.700. The van der Waals surface area contributed by atoms with Crippen molar-refractivity contribution in [1.82, 2.24) is 4.90 Å². The number of rotatable bonds is 8. The van der Waals surface area contributed by atoms with Crippen LogP contribution in [0.4, 0.5) is 0 Å². The largest absolute Gasteiger partial charge is 0.508 e. The molecular weight excluding hydrogens is 248 g/mol. The van der Waals surface area contributed by atoms with E-state index in [4.69, 9.17) is 22.7 Å². The Kier molecular flexibility index (Phi) is 6.64. The molecule has 0 aliphatic heterocycles. The summed E-state index contributed by atoms with van der Waals surface area (Å²) in [7, 11) is 1.69. The first-order chi connectivity index (χ1) is 8.61. The van der Waals surface area contributed by atoms with Crippen molar-refractivity contribution in [2.75, 3.05) is 26.8 Å². The standard InChI is InChI=1S/C13H20N2O2S/c1-17-9-8-15(7-6-13(14)18)10-11-2-4-12(16)5-3-11/h2-5,16H,6-10H2,1H3,(H2,14,18). The van der Waals surface area contributed by atoms with Gasteiger partial charge in [0.2, 0.25) is 0 Å². The Hall–Kier alpha value is -1.17. The predicted molar refractivity (Wildman–Crippen MR) is 76.7 cm³/mol. The van der Waals surface area contributed by atoms with Crippen LogP contribution < -0.4 is 5.73 Å². The molecule has 0 heterocycles. The monoisotopic (exact) mass is 268 g/mol. The molecule has 0 spiro atoms. The maximum atomic E-state index is 9.24. The molecule has 0 unspecified atom stereocenters. The van der Waals surface area contributed by atoms with Gasteiger partial charge in [-0.15, -0.1) is 0 Å². The Bertz CT molecular complexity index is 368. The molecule has 0 aromatic heterocycles. The van der Waals surface area contributed by atoms with E-state index in [0.717, 1.165) is 25.2 Å². The van der Waals surface area contributed by atoms with Gasteiger partial charge in [0.1, 0.15) is 5.75 Å². The Labute approximate surface area is 113 Å². The number of methoxy groups -OCH3 is 1. The van der Waals surface area contributed by atoms with E-state index in [0.29, 0.717) is 18.0 Å². The van der Waals surface area contributed by atoms with Gasteiger partial charge in [-0.3, -0.25) is 4.90 Å². The van der Waals surface area contributed by atoms with Crippen molar-refractivity contribution >= 4 is 17.2 Å². The molecule has 0 atom stereocenters. The van der Waals surface area contributed by atoms with Crippen LogP contribution in [0.25, 0.3) is 0 Å². The Morgan fingerprint density at radius 1 is 1.33 bits per heavy atom. The molecular formula is C13H20N2O2S. The summed E-state index contributed by atoms with van der Waals surface area (Å²) in [5.74, 6) is 0.283. The number of hydrogen-bond acceptors (Lipinski definition) is 4. The van der Waals surface area contributed by atoms with Crippen LogP contribution in [-0.4, -0.2) is 41.8 Å². The van der Waals surface area contributed by atoms with Crippen LogP contribution in [0, 0.1) is 0 Å². The number of hydrogen-bond donors (Lipinski definition) is 2. The van der Waals surface area contributed by atoms with Crippen LogP contribution in [-0.2, 0) is 11.3 Å². The van der Waals surface area contributed by atoms with Crippen molar-refractivity contribution < 1.29 is 9.84 Å². The van der Waals surface area contributed by atoms with E-state index >= 15 is 0 Å². The summed E-state index contributed by atoms with van der Waals surface area (Å²) in [4.78, 5) is 2.76. The maximum absolute atomic E-state index is 9.24. The van der Waals surface area contributed by atoms with Crippen molar-refractivity contribution in [1.29, 1.82) is 0 Å². The highest BCUT2D eigenvalue weighted by Gasteiger charge is 2.06. The summed E-state index contributed by atoms with van der Waals surface area (Å²) in [5.41, 5.74) is 6.67. The van der Waals surface area contributed by atoms with E-state index in [1.807, 2.05) is 12.1 Å². The molecule has 3 N–H and O–H groups in total. The van der Waals surface area contributed by atoms with Crippen molar-refractivity contribution in [3.05, 3.63) is 29.8 Å². The van der Waals surface area contributed by atoms with Crippen LogP contribution >= 0.6 is 12.2 Å². The minimum absolute atomic E-state index is 0.283. The van der Waals surface area contributed by atoms with E-state index < -0.39 is 0 Å². The van der Waals surface area contributed by atoms with Gasteiger partial charge in [-0.2, -0.15) is 0 Å². The lowest BCUT2D eigenvalue weighted by atomic mass is 10.2. The number of nitrogens with zero attached hydrogens (tertiary/aromatic N) is 1. The third-order valence-corrected chi connectivity index (χ3v) is 2.83. The molecule has 0 fully saturated rings. The van der Waals surface area contributed by atoms with E-state index in [-0.39, 0.29) is 5.75 Å². The molecule has 0 amide bonds. The SMILES string of the molecule is COCCN(CCC(N)=S)Cc1ccc(O)cc1. The van der Waals surface area contributed by atoms with Crippen molar-refractivity contribution in [3.63, 3.8) is 0 Å². The van der Waals surface area contributed by atoms with E-state index in [1.165, 1.54) is 0 Å². The smallest absolute Gasteiger partial charge is 0.115 e. The lowest BCUT2D eigenvalue weighted by Gasteiger charge is -2.21. The second-order valence-electron chi connectivity index (χ2n) is 4.15. The average molecular weight is 268 g/mol. The Morgan fingerprint density at radius 2 is 2.00 bits per heavy atom. The van der Waals surface area contributed by atoms with E-state index in [1.54, 1.807) is 19.2 Å². The van der Waals surface area contributed by atoms with Gasteiger partial charge in [-0.1, -0.05) is 24.4 Å². The van der Waals surface area contributed by atoms with Crippen LogP contribution in [0.5, 0.6) is 5.75 Å². The third kappa shape index (κ3) is 5.95. The fraction of sp³-hybridized carbons (Fsp3) is 0.462. The van der Waals surface area contributed by atoms with Crippen LogP contribution in [0.2, 0.25) is 0 Å². The first kappa shape index (κ1) is 14.9. The highest BCUT2D eigenvalue weighted by atomic mass is 32.1. The van der Waals surface area contributed by atoms with Gasteiger partial charge in [-0.25, -0.2) is 0 Å². The van der Waals surface area contributed by atoms with Crippen LogP contribution in [0.15, 0.2) is 24.3 Å². The van der Waals surface area contributed by atoms with E-state index in [9.17, 15) is 5.11 Å². The van der Waals surface area contributed by atoms with E-state index in [2.05, 4.69) is 4.90 Å². The summed E-state index contributed by atoms with van der Waals surface area (Å²) >= 11 is 4.89. The van der Waals surface area contributed by atoms with Crippen molar-refractivity contribution in [2.45, 2.75) is 13.0 Å². The maximum Gasteiger partial charge on any atom is 0.115 e. The number of ether oxygens (including phenoxy) is 1. The molecule has 100 valence electrons. The highest BCUT2D eigenvalue weighted by Crippen LogP contribution is 2.11. The van der Waals surface area contributed by atoms with Gasteiger partial charge in [0.05, 0.1) is 11.6 Å². The third-order valence-electron chi connectivity index (χ3n) is 2.63. The van der Waals surface area contributed by atoms with Crippen molar-refractivity contribution in [2.24, 2.45) is 5.73 Å². The first-order valence-electron chi connectivity index (χ1n) is 5.89. The molecule has 0 radical (unpaired) electrons. The predicted octanol–water partition coefficient (Wildman–Crippen LogP) is 1.52. The molecule has 4 nitrogen and oxygen atoms in total. The summed E-state index contributed by atoms with van der Waals surface area (Å²) in [6, 6.07) is 7.21. The number of benzene rings is 1. The van der Waals surface area contributed by atoms with Gasteiger partial charge >= 0.3 is 0 Å². The molecule has 0 saturated carbocycles. The highest BCUT2D eigenvalue weighted by molar-refractivity contribution is 7.80. The Morgan fingerprint density at radius 3 is 2.56 bits per heavy atom. The minimum atomic E-state index is 0.283. The lowest BCUT2D eigenvalue weighted by molar-refractivity contribution is 0.146. The van der Waals surface area contributed by atoms with Crippen LogP contribution in [0.1, 0.15) is 12.0 Å². The molecule has 1 aromatic carbocycles. The fourth-order valence-electron chi connectivity index (χ4n) is 1.62. The molecule has 1 rings (SSSR count). The Balaban J connectivity index is 2.53. The lowest BCUT2D eigenvalue weighted by Crippen LogP contribution is -2.30. The fourth-order valence-corrected chi connectivity index (χ4v) is 1.71. The molecule has 5 heteroatoms. The van der Waals surface area contributed by atoms with Crippen molar-refractivity contribution in [3.8, 4) is 5.75 Å². The first-order valence-corrected chi connectivity index (χ1v) is 6.30. The van der Waals surface area contributed by atoms with Crippen LogP contribution in [0.3, 0.4) is 0 Å². The molecule has 0 bridgehead atoms. The molecule has 0 aliphatic carbocycles. The number of thiocarbonyl (C=S) groups is 1. The molecule has 0 saturated heterocycles. The minimum Gasteiger partial charge on any atom is -0.508 e. The molecule has 1 aromatic rings. The van der Waals surface area contributed by atoms with Gasteiger partial charge in [-0.05, 0) is 17.7 Å². The normalized spacial score (nSPS) is 10.8. The van der Waals surface area contributed by atoms with Gasteiger partial charge in [0.15, 0.2) is 0 Å². The number of phenols is 1. The van der Waals surface area contributed by atoms with Gasteiger partial charge < -0.3 is 15.6 Å². The number of phenolic OH excluding ortho intramolecular Hbond substituents is 1. The molecule has 18 heavy (non-hydrogen) atoms. The zero-order valence-corrected chi connectivity index (χ0v) is 11.4. The summed E-state index contributed by atoms with van der Waals surface area (Å²) < 4.78 is 5.09. The summed E-state index contributed by atoms with van der Waals surface area (Å²) in [5, 5.41) is 9.24. The zero-order valence-electron chi connectivity index (χ0n) is 10.6. The van der Waals surface area contributed by atoms with Gasteiger partial charge in [0, 0.05) is 33.2 Å². The number of aromatic hydroxyl groups is 1. The summed E-state index contributed by atoms with van der Waals surface area (Å²) in [6.07, 6.45) is 0.705. The average Bonchev–Trinajstić information content (AvgIpc) is 2.35. The second-order valence-corrected chi connectivity index (χ2v) is 4.68. The molecule has 0 aliphatic rings. The summed E-state index contributed by atoms with van der Waals surface area (Å²) in [6.45, 7) is 3.13. The second kappa shape index (κ2) is 8.02.